The summed E-state index contributed by atoms with van der Waals surface area (Å²) < 4.78 is 5.56. The van der Waals surface area contributed by atoms with Crippen LogP contribution in [-0.2, 0) is 25.5 Å². The van der Waals surface area contributed by atoms with Crippen molar-refractivity contribution >= 4 is 23.9 Å². The molecule has 3 amide bonds. The lowest BCUT2D eigenvalue weighted by molar-refractivity contribution is -0.157. The summed E-state index contributed by atoms with van der Waals surface area (Å²) in [6, 6.07) is 24.3. The van der Waals surface area contributed by atoms with Gasteiger partial charge in [0.1, 0.15) is 18.2 Å². The number of rotatable bonds is 10. The molecule has 9 heteroatoms. The minimum atomic E-state index is -1.21. The molecule has 1 aliphatic carbocycles. The Bertz CT molecular complexity index is 1400. The van der Waals surface area contributed by atoms with Crippen LogP contribution < -0.4 is 10.6 Å². The lowest BCUT2D eigenvalue weighted by Crippen LogP contribution is -2.76. The second-order valence-corrected chi connectivity index (χ2v) is 10.3. The third-order valence-corrected chi connectivity index (χ3v) is 7.54. The van der Waals surface area contributed by atoms with Crippen LogP contribution in [0.3, 0.4) is 0 Å². The van der Waals surface area contributed by atoms with Crippen molar-refractivity contribution in [2.45, 2.75) is 37.3 Å². The molecular weight excluding hydrogens is 510 g/mol. The number of ether oxygens (including phenoxy) is 1. The van der Waals surface area contributed by atoms with E-state index in [9.17, 15) is 19.2 Å². The average molecular weight is 542 g/mol. The van der Waals surface area contributed by atoms with E-state index in [1.165, 1.54) is 11.8 Å². The number of nitrogens with zero attached hydrogens (tertiary/aromatic N) is 1. The van der Waals surface area contributed by atoms with Gasteiger partial charge in [0.2, 0.25) is 5.91 Å². The summed E-state index contributed by atoms with van der Waals surface area (Å²) in [6.45, 7) is 1.88. The van der Waals surface area contributed by atoms with Gasteiger partial charge < -0.3 is 25.4 Å². The summed E-state index contributed by atoms with van der Waals surface area (Å²) in [7, 11) is 0. The fraction of sp³-hybridized carbons (Fsp3) is 0.290. The van der Waals surface area contributed by atoms with Crippen LogP contribution in [0.4, 0.5) is 4.79 Å². The van der Waals surface area contributed by atoms with Crippen LogP contribution in [0.25, 0.3) is 11.1 Å². The van der Waals surface area contributed by atoms with Crippen molar-refractivity contribution in [1.29, 1.82) is 0 Å². The Hall–Kier alpha value is -4.66. The zero-order valence-corrected chi connectivity index (χ0v) is 22.1. The molecule has 0 saturated carbocycles. The molecule has 3 aromatic carbocycles. The van der Waals surface area contributed by atoms with E-state index in [2.05, 4.69) is 22.8 Å². The lowest BCUT2D eigenvalue weighted by Gasteiger charge is -2.49. The normalized spacial score (nSPS) is 18.2. The standard InChI is InChI=1S/C31H31N3O6/c1-20(32-30(39)40-18-26-24-13-7-5-11-22(24)23-12-6-8-14-25(23)26)28(37)33-31(17-21-9-3-2-4-10-21)19-34(29(31)38)16-15-27(35)36/h2-14,20,26H,15-19H2,1H3,(H,32,39)(H,33,37)(H,35,36)/t20-,31?/m0/s1. The number of hydrogen-bond donors (Lipinski definition) is 3. The second-order valence-electron chi connectivity index (χ2n) is 10.3. The Balaban J connectivity index is 1.20. The zero-order valence-electron chi connectivity index (χ0n) is 22.1. The molecule has 0 spiro atoms. The first-order chi connectivity index (χ1) is 19.3. The Kier molecular flexibility index (Phi) is 7.55. The number of carbonyl (C=O) groups excluding carboxylic acids is 3. The number of carboxylic acids is 1. The van der Waals surface area contributed by atoms with E-state index in [0.717, 1.165) is 27.8 Å². The average Bonchev–Trinajstić information content (AvgIpc) is 3.27. The maximum absolute atomic E-state index is 13.1. The largest absolute Gasteiger partial charge is 0.481 e. The Morgan fingerprint density at radius 3 is 2.17 bits per heavy atom. The summed E-state index contributed by atoms with van der Waals surface area (Å²) in [5.41, 5.74) is 4.04. The fourth-order valence-electron chi connectivity index (χ4n) is 5.53. The van der Waals surface area contributed by atoms with Gasteiger partial charge in [-0.15, -0.1) is 0 Å². The van der Waals surface area contributed by atoms with Gasteiger partial charge in [-0.3, -0.25) is 14.4 Å². The van der Waals surface area contributed by atoms with Gasteiger partial charge in [-0.1, -0.05) is 78.9 Å². The van der Waals surface area contributed by atoms with E-state index >= 15 is 0 Å². The molecule has 9 nitrogen and oxygen atoms in total. The first-order valence-corrected chi connectivity index (χ1v) is 13.3. The predicted octanol–water partition coefficient (Wildman–Crippen LogP) is 3.33. The molecule has 1 fully saturated rings. The van der Waals surface area contributed by atoms with Crippen LogP contribution in [0.15, 0.2) is 78.9 Å². The summed E-state index contributed by atoms with van der Waals surface area (Å²) in [5.74, 6) is -1.99. The van der Waals surface area contributed by atoms with Crippen molar-refractivity contribution in [3.63, 3.8) is 0 Å². The molecule has 0 radical (unpaired) electrons. The number of nitrogens with one attached hydrogen (secondary N) is 2. The van der Waals surface area contributed by atoms with E-state index in [1.807, 2.05) is 66.7 Å². The van der Waals surface area contributed by atoms with E-state index in [0.29, 0.717) is 0 Å². The highest BCUT2D eigenvalue weighted by Crippen LogP contribution is 2.44. The fourth-order valence-corrected chi connectivity index (χ4v) is 5.53. The van der Waals surface area contributed by atoms with Gasteiger partial charge in [0.25, 0.3) is 5.91 Å². The number of likely N-dealkylation sites (tertiary alicyclic amines) is 1. The van der Waals surface area contributed by atoms with Crippen LogP contribution in [0.1, 0.15) is 36.0 Å². The molecule has 206 valence electrons. The molecule has 2 aliphatic rings. The lowest BCUT2D eigenvalue weighted by atomic mass is 9.81. The monoisotopic (exact) mass is 541 g/mol. The molecule has 1 aliphatic heterocycles. The molecule has 3 aromatic rings. The van der Waals surface area contributed by atoms with Crippen molar-refractivity contribution < 1.29 is 29.0 Å². The summed E-state index contributed by atoms with van der Waals surface area (Å²) in [4.78, 5) is 51.4. The number of carboxylic acid groups (broad SMARTS) is 1. The third-order valence-electron chi connectivity index (χ3n) is 7.54. The van der Waals surface area contributed by atoms with Crippen molar-refractivity contribution in [1.82, 2.24) is 15.5 Å². The molecule has 0 aromatic heterocycles. The van der Waals surface area contributed by atoms with Crippen LogP contribution >= 0.6 is 0 Å². The Morgan fingerprint density at radius 1 is 0.975 bits per heavy atom. The first kappa shape index (κ1) is 26.9. The van der Waals surface area contributed by atoms with Gasteiger partial charge in [0.05, 0.1) is 13.0 Å². The Morgan fingerprint density at radius 2 is 1.57 bits per heavy atom. The highest BCUT2D eigenvalue weighted by atomic mass is 16.5. The molecule has 5 rings (SSSR count). The first-order valence-electron chi connectivity index (χ1n) is 13.3. The second kappa shape index (κ2) is 11.2. The quantitative estimate of drug-likeness (QED) is 0.338. The molecular formula is C31H31N3O6. The van der Waals surface area contributed by atoms with Crippen LogP contribution in [0.5, 0.6) is 0 Å². The summed E-state index contributed by atoms with van der Waals surface area (Å²) in [5, 5.41) is 14.4. The SMILES string of the molecule is C[C@H](NC(=O)OCC1c2ccccc2-c2ccccc21)C(=O)NC1(Cc2ccccc2)CN(CCC(=O)O)C1=O. The van der Waals surface area contributed by atoms with E-state index < -0.39 is 29.6 Å². The summed E-state index contributed by atoms with van der Waals surface area (Å²) in [6.07, 6.45) is -0.662. The van der Waals surface area contributed by atoms with Crippen LogP contribution in [0, 0.1) is 0 Å². The topological polar surface area (TPSA) is 125 Å². The number of carbonyl (C=O) groups is 4. The summed E-state index contributed by atoms with van der Waals surface area (Å²) >= 11 is 0. The molecule has 2 atom stereocenters. The third kappa shape index (κ3) is 5.40. The number of fused-ring (bicyclic) bond motifs is 3. The van der Waals surface area contributed by atoms with Gasteiger partial charge in [-0.05, 0) is 34.7 Å². The van der Waals surface area contributed by atoms with E-state index in [-0.39, 0.29) is 44.4 Å². The highest BCUT2D eigenvalue weighted by molar-refractivity contribution is 5.98. The zero-order chi connectivity index (χ0) is 28.3. The molecule has 1 saturated heterocycles. The number of aliphatic carboxylic acids is 1. The molecule has 1 unspecified atom stereocenters. The van der Waals surface area contributed by atoms with Gasteiger partial charge in [-0.25, -0.2) is 4.79 Å². The van der Waals surface area contributed by atoms with Gasteiger partial charge in [0.15, 0.2) is 0 Å². The van der Waals surface area contributed by atoms with Gasteiger partial charge >= 0.3 is 12.1 Å². The number of alkyl carbamates (subject to hydrolysis) is 1. The van der Waals surface area contributed by atoms with Crippen LogP contribution in [-0.4, -0.2) is 65.2 Å². The van der Waals surface area contributed by atoms with Gasteiger partial charge in [-0.2, -0.15) is 0 Å². The van der Waals surface area contributed by atoms with Crippen molar-refractivity contribution in [2.75, 3.05) is 19.7 Å². The number of β-lactam (4-membered cyclic amide) rings is 1. The number of hydrogen-bond acceptors (Lipinski definition) is 5. The van der Waals surface area contributed by atoms with E-state index in [1.54, 1.807) is 0 Å². The Labute approximate surface area is 232 Å². The predicted molar refractivity (Wildman–Crippen MR) is 148 cm³/mol. The molecule has 0 bridgehead atoms. The maximum Gasteiger partial charge on any atom is 0.407 e. The molecule has 3 N–H and O–H groups in total. The van der Waals surface area contributed by atoms with Gasteiger partial charge in [0, 0.05) is 18.9 Å². The molecule has 40 heavy (non-hydrogen) atoms. The van der Waals surface area contributed by atoms with Crippen molar-refractivity contribution in [2.24, 2.45) is 0 Å². The van der Waals surface area contributed by atoms with Crippen LogP contribution in [0.2, 0.25) is 0 Å². The smallest absolute Gasteiger partial charge is 0.407 e. The van der Waals surface area contributed by atoms with Crippen molar-refractivity contribution in [3.8, 4) is 11.1 Å². The number of amides is 3. The minimum absolute atomic E-state index is 0.0636. The molecule has 1 heterocycles. The highest BCUT2D eigenvalue weighted by Gasteiger charge is 2.53. The minimum Gasteiger partial charge on any atom is -0.481 e. The van der Waals surface area contributed by atoms with E-state index in [4.69, 9.17) is 9.84 Å². The maximum atomic E-state index is 13.1. The number of benzene rings is 3. The van der Waals surface area contributed by atoms with Crippen molar-refractivity contribution in [3.05, 3.63) is 95.6 Å².